The Balaban J connectivity index is 1.66. The summed E-state index contributed by atoms with van der Waals surface area (Å²) in [7, 11) is 1.35. The van der Waals surface area contributed by atoms with Gasteiger partial charge in [-0.15, -0.1) is 5.10 Å². The number of carbonyl (C=O) groups is 1. The summed E-state index contributed by atoms with van der Waals surface area (Å²) < 4.78 is 10.3. The van der Waals surface area contributed by atoms with E-state index < -0.39 is 5.97 Å². The first-order valence-corrected chi connectivity index (χ1v) is 8.91. The van der Waals surface area contributed by atoms with Crippen LogP contribution in [0.1, 0.15) is 34.4 Å². The second-order valence-corrected chi connectivity index (χ2v) is 6.42. The highest BCUT2D eigenvalue weighted by atomic mass is 32.2. The second kappa shape index (κ2) is 7.57. The summed E-state index contributed by atoms with van der Waals surface area (Å²) in [5, 5.41) is 7.81. The molecule has 0 unspecified atom stereocenters. The van der Waals surface area contributed by atoms with Gasteiger partial charge in [0.1, 0.15) is 17.1 Å². The minimum absolute atomic E-state index is 0.395. The molecule has 2 heterocycles. The van der Waals surface area contributed by atoms with Crippen molar-refractivity contribution in [1.29, 1.82) is 0 Å². The number of furan rings is 1. The zero-order valence-electron chi connectivity index (χ0n) is 14.3. The van der Waals surface area contributed by atoms with Crippen molar-refractivity contribution >= 4 is 17.7 Å². The maximum Gasteiger partial charge on any atom is 0.341 e. The molecule has 0 bridgehead atoms. The van der Waals surface area contributed by atoms with E-state index in [2.05, 4.69) is 34.2 Å². The minimum atomic E-state index is -0.395. The number of benzene rings is 1. The van der Waals surface area contributed by atoms with E-state index in [0.717, 1.165) is 17.8 Å². The van der Waals surface area contributed by atoms with Crippen molar-refractivity contribution in [2.45, 2.75) is 31.2 Å². The Hall–Kier alpha value is -2.54. The van der Waals surface area contributed by atoms with Gasteiger partial charge in [-0.3, -0.25) is 5.10 Å². The standard InChI is InChI=1S/C18H19N3O3S/c1-4-12-5-7-13(8-6-12)16-19-18(21-20-16)25-10-14-9-15(11(2)24-14)17(22)23-3/h5-9H,4,10H2,1-3H3,(H,19,20,21). The monoisotopic (exact) mass is 357 g/mol. The summed E-state index contributed by atoms with van der Waals surface area (Å²) in [6, 6.07) is 9.94. The Kier molecular flexibility index (Phi) is 5.23. The molecule has 0 aliphatic heterocycles. The smallest absolute Gasteiger partial charge is 0.341 e. The Bertz CT molecular complexity index is 868. The van der Waals surface area contributed by atoms with Crippen molar-refractivity contribution in [3.63, 3.8) is 0 Å². The lowest BCUT2D eigenvalue weighted by Crippen LogP contribution is -2.00. The highest BCUT2D eigenvalue weighted by Crippen LogP contribution is 2.25. The van der Waals surface area contributed by atoms with Gasteiger partial charge in [-0.25, -0.2) is 9.78 Å². The number of thioether (sulfide) groups is 1. The number of rotatable bonds is 6. The summed E-state index contributed by atoms with van der Waals surface area (Å²) in [4.78, 5) is 16.1. The summed E-state index contributed by atoms with van der Waals surface area (Å²) in [6.07, 6.45) is 1.01. The number of H-pyrrole nitrogens is 1. The summed E-state index contributed by atoms with van der Waals surface area (Å²) in [5.74, 6) is 2.10. The molecular formula is C18H19N3O3S. The van der Waals surface area contributed by atoms with E-state index in [1.807, 2.05) is 12.1 Å². The number of aryl methyl sites for hydroxylation is 2. The lowest BCUT2D eigenvalue weighted by molar-refractivity contribution is 0.0599. The fourth-order valence-electron chi connectivity index (χ4n) is 2.40. The Morgan fingerprint density at radius 1 is 1.32 bits per heavy atom. The number of hydrogen-bond acceptors (Lipinski definition) is 6. The summed E-state index contributed by atoms with van der Waals surface area (Å²) in [6.45, 7) is 3.87. The van der Waals surface area contributed by atoms with Gasteiger partial charge in [0.05, 0.1) is 12.9 Å². The van der Waals surface area contributed by atoms with Gasteiger partial charge in [-0.1, -0.05) is 43.0 Å². The average Bonchev–Trinajstić information content (AvgIpc) is 3.26. The molecule has 0 saturated heterocycles. The van der Waals surface area contributed by atoms with Gasteiger partial charge in [0.25, 0.3) is 0 Å². The molecule has 0 amide bonds. The van der Waals surface area contributed by atoms with E-state index in [1.54, 1.807) is 13.0 Å². The van der Waals surface area contributed by atoms with Crippen LogP contribution in [0.25, 0.3) is 11.4 Å². The van der Waals surface area contributed by atoms with Crippen LogP contribution in [0.3, 0.4) is 0 Å². The number of nitrogens with zero attached hydrogens (tertiary/aromatic N) is 2. The minimum Gasteiger partial charge on any atom is -0.465 e. The highest BCUT2D eigenvalue weighted by Gasteiger charge is 2.16. The number of aromatic amines is 1. The van der Waals surface area contributed by atoms with Crippen molar-refractivity contribution in [3.05, 3.63) is 53.0 Å². The number of carbonyl (C=O) groups excluding carboxylic acids is 1. The van der Waals surface area contributed by atoms with Crippen molar-refractivity contribution in [2.75, 3.05) is 7.11 Å². The van der Waals surface area contributed by atoms with Crippen LogP contribution in [0.5, 0.6) is 0 Å². The summed E-state index contributed by atoms with van der Waals surface area (Å²) >= 11 is 1.44. The van der Waals surface area contributed by atoms with Gasteiger partial charge < -0.3 is 9.15 Å². The third-order valence-corrected chi connectivity index (χ3v) is 4.69. The van der Waals surface area contributed by atoms with Gasteiger partial charge in [0.2, 0.25) is 5.16 Å². The van der Waals surface area contributed by atoms with E-state index in [-0.39, 0.29) is 0 Å². The van der Waals surface area contributed by atoms with E-state index in [9.17, 15) is 4.79 Å². The zero-order valence-corrected chi connectivity index (χ0v) is 15.1. The highest BCUT2D eigenvalue weighted by molar-refractivity contribution is 7.98. The van der Waals surface area contributed by atoms with Crippen LogP contribution >= 0.6 is 11.8 Å². The topological polar surface area (TPSA) is 81.0 Å². The number of aromatic nitrogens is 3. The predicted molar refractivity (Wildman–Crippen MR) is 95.5 cm³/mol. The molecule has 0 aliphatic rings. The molecule has 1 aromatic carbocycles. The van der Waals surface area contributed by atoms with Crippen LogP contribution in [-0.4, -0.2) is 28.3 Å². The predicted octanol–water partition coefficient (Wildman–Crippen LogP) is 4.01. The first kappa shape index (κ1) is 17.3. The van der Waals surface area contributed by atoms with E-state index in [4.69, 9.17) is 9.15 Å². The largest absolute Gasteiger partial charge is 0.465 e. The third kappa shape index (κ3) is 3.93. The molecule has 2 aromatic heterocycles. The lowest BCUT2D eigenvalue weighted by atomic mass is 10.1. The molecule has 7 heteroatoms. The zero-order chi connectivity index (χ0) is 17.8. The Labute approximate surface area is 150 Å². The molecule has 130 valence electrons. The molecule has 0 radical (unpaired) electrons. The van der Waals surface area contributed by atoms with Crippen LogP contribution in [0.15, 0.2) is 39.9 Å². The fraction of sp³-hybridized carbons (Fsp3) is 0.278. The fourth-order valence-corrected chi connectivity index (χ4v) is 3.08. The molecule has 0 fully saturated rings. The van der Waals surface area contributed by atoms with Crippen LogP contribution in [0, 0.1) is 6.92 Å². The molecule has 6 nitrogen and oxygen atoms in total. The number of methoxy groups -OCH3 is 1. The normalized spacial score (nSPS) is 10.8. The van der Waals surface area contributed by atoms with E-state index >= 15 is 0 Å². The van der Waals surface area contributed by atoms with E-state index in [1.165, 1.54) is 24.4 Å². The van der Waals surface area contributed by atoms with Gasteiger partial charge in [0.15, 0.2) is 5.82 Å². The van der Waals surface area contributed by atoms with Gasteiger partial charge >= 0.3 is 5.97 Å². The maximum atomic E-state index is 11.6. The third-order valence-electron chi connectivity index (χ3n) is 3.82. The number of hydrogen-bond donors (Lipinski definition) is 1. The second-order valence-electron chi connectivity index (χ2n) is 5.48. The molecule has 0 atom stereocenters. The SMILES string of the molecule is CCc1ccc(-c2nc(SCc3cc(C(=O)OC)c(C)o3)n[nH]2)cc1. The van der Waals surface area contributed by atoms with Crippen LogP contribution in [-0.2, 0) is 16.9 Å². The number of nitrogens with one attached hydrogen (secondary N) is 1. The lowest BCUT2D eigenvalue weighted by Gasteiger charge is -1.98. The van der Waals surface area contributed by atoms with Crippen molar-refractivity contribution in [3.8, 4) is 11.4 Å². The van der Waals surface area contributed by atoms with E-state index in [0.29, 0.717) is 28.0 Å². The molecule has 0 saturated carbocycles. The quantitative estimate of drug-likeness (QED) is 0.530. The van der Waals surface area contributed by atoms with Crippen molar-refractivity contribution < 1.29 is 13.9 Å². The average molecular weight is 357 g/mol. The molecule has 0 aliphatic carbocycles. The summed E-state index contributed by atoms with van der Waals surface area (Å²) in [5.41, 5.74) is 2.73. The molecule has 25 heavy (non-hydrogen) atoms. The van der Waals surface area contributed by atoms with Crippen LogP contribution < -0.4 is 0 Å². The van der Waals surface area contributed by atoms with Crippen LogP contribution in [0.2, 0.25) is 0 Å². The maximum absolute atomic E-state index is 11.6. The molecule has 0 spiro atoms. The molecule has 1 N–H and O–H groups in total. The first-order valence-electron chi connectivity index (χ1n) is 7.92. The van der Waals surface area contributed by atoms with Crippen molar-refractivity contribution in [1.82, 2.24) is 15.2 Å². The van der Waals surface area contributed by atoms with Gasteiger partial charge in [0, 0.05) is 5.56 Å². The van der Waals surface area contributed by atoms with Crippen molar-refractivity contribution in [2.24, 2.45) is 0 Å². The molecule has 3 aromatic rings. The molecular weight excluding hydrogens is 338 g/mol. The Morgan fingerprint density at radius 3 is 2.76 bits per heavy atom. The van der Waals surface area contributed by atoms with Gasteiger partial charge in [-0.2, -0.15) is 0 Å². The number of esters is 1. The Morgan fingerprint density at radius 2 is 2.08 bits per heavy atom. The number of ether oxygens (including phenoxy) is 1. The first-order chi connectivity index (χ1) is 12.1. The van der Waals surface area contributed by atoms with Gasteiger partial charge in [-0.05, 0) is 25.0 Å². The molecule has 3 rings (SSSR count). The van der Waals surface area contributed by atoms with Crippen LogP contribution in [0.4, 0.5) is 0 Å².